The van der Waals surface area contributed by atoms with E-state index in [1.54, 1.807) is 5.12 Å². The molecule has 12 heavy (non-hydrogen) atoms. The zero-order valence-corrected chi connectivity index (χ0v) is 6.85. The fraction of sp³-hybridized carbons (Fsp3) is 1.00. The standard InChI is InChI=1S/C6H13N4O2/c7-6-5-10(8-12-6)9-1-3-11-4-2-9/h6H,1-5,7H2/q-1. The minimum absolute atomic E-state index is 0.284. The summed E-state index contributed by atoms with van der Waals surface area (Å²) in [6.07, 6.45) is -0.284. The molecule has 2 heterocycles. The van der Waals surface area contributed by atoms with Crippen LogP contribution in [0.1, 0.15) is 0 Å². The molecule has 6 nitrogen and oxygen atoms in total. The summed E-state index contributed by atoms with van der Waals surface area (Å²) in [4.78, 5) is 4.86. The van der Waals surface area contributed by atoms with Crippen molar-refractivity contribution in [3.8, 4) is 0 Å². The third-order valence-electron chi connectivity index (χ3n) is 1.93. The number of morpholine rings is 1. The van der Waals surface area contributed by atoms with E-state index in [4.69, 9.17) is 15.3 Å². The number of nitrogens with zero attached hydrogens (tertiary/aromatic N) is 3. The van der Waals surface area contributed by atoms with Gasteiger partial charge >= 0.3 is 0 Å². The number of hydrazine groups is 1. The molecule has 2 rings (SSSR count). The largest absolute Gasteiger partial charge is 0.455 e. The molecule has 0 aromatic rings. The maximum absolute atomic E-state index is 5.52. The van der Waals surface area contributed by atoms with E-state index in [9.17, 15) is 0 Å². The van der Waals surface area contributed by atoms with Gasteiger partial charge in [0.05, 0.1) is 13.2 Å². The summed E-state index contributed by atoms with van der Waals surface area (Å²) in [7, 11) is 0. The zero-order valence-electron chi connectivity index (χ0n) is 6.85. The maximum atomic E-state index is 5.52. The van der Waals surface area contributed by atoms with Gasteiger partial charge in [-0.25, -0.2) is 0 Å². The highest BCUT2D eigenvalue weighted by molar-refractivity contribution is 4.74. The molecule has 70 valence electrons. The molecule has 0 radical (unpaired) electrons. The fourth-order valence-electron chi connectivity index (χ4n) is 1.29. The number of nitrogens with two attached hydrogens (primary N) is 1. The van der Waals surface area contributed by atoms with Gasteiger partial charge in [0.25, 0.3) is 0 Å². The van der Waals surface area contributed by atoms with Crippen LogP contribution in [0.25, 0.3) is 5.59 Å². The molecule has 2 aliphatic heterocycles. The highest BCUT2D eigenvalue weighted by Crippen LogP contribution is 2.16. The van der Waals surface area contributed by atoms with Gasteiger partial charge in [-0.1, -0.05) is 0 Å². The molecule has 1 atom stereocenters. The molecule has 2 N–H and O–H groups in total. The van der Waals surface area contributed by atoms with Crippen molar-refractivity contribution in [2.45, 2.75) is 6.23 Å². The Hall–Kier alpha value is -0.240. The van der Waals surface area contributed by atoms with Gasteiger partial charge in [0, 0.05) is 19.6 Å². The van der Waals surface area contributed by atoms with E-state index < -0.39 is 0 Å². The lowest BCUT2D eigenvalue weighted by Crippen LogP contribution is -2.46. The van der Waals surface area contributed by atoms with Gasteiger partial charge < -0.3 is 26.0 Å². The van der Waals surface area contributed by atoms with Gasteiger partial charge in [-0.2, -0.15) is 0 Å². The lowest BCUT2D eigenvalue weighted by atomic mass is 10.5. The van der Waals surface area contributed by atoms with Crippen LogP contribution in [0.2, 0.25) is 0 Å². The van der Waals surface area contributed by atoms with Gasteiger partial charge in [-0.15, -0.1) is 0 Å². The van der Waals surface area contributed by atoms with Gasteiger partial charge in [0.1, 0.15) is 6.23 Å². The van der Waals surface area contributed by atoms with Crippen LogP contribution < -0.4 is 5.73 Å². The topological polar surface area (TPSA) is 65.1 Å². The first-order valence-electron chi connectivity index (χ1n) is 4.09. The third-order valence-corrected chi connectivity index (χ3v) is 1.93. The number of hydrogen-bond acceptors (Lipinski definition) is 5. The molecule has 6 heteroatoms. The second kappa shape index (κ2) is 3.65. The van der Waals surface area contributed by atoms with Crippen LogP contribution in [-0.4, -0.2) is 49.2 Å². The molecular formula is C6H13N4O2-. The molecule has 0 saturated carbocycles. The molecule has 0 aromatic carbocycles. The van der Waals surface area contributed by atoms with Gasteiger partial charge in [-0.3, -0.25) is 5.01 Å². The Labute approximate surface area is 71.1 Å². The lowest BCUT2D eigenvalue weighted by molar-refractivity contribution is -0.0686. The molecule has 2 saturated heterocycles. The lowest BCUT2D eigenvalue weighted by Gasteiger charge is -2.40. The van der Waals surface area contributed by atoms with E-state index in [0.29, 0.717) is 6.54 Å². The molecule has 2 aliphatic rings. The van der Waals surface area contributed by atoms with Crippen LogP contribution in [0.5, 0.6) is 0 Å². The Kier molecular flexibility index (Phi) is 2.54. The summed E-state index contributed by atoms with van der Waals surface area (Å²) in [6.45, 7) is 3.86. The number of ether oxygens (including phenoxy) is 1. The van der Waals surface area contributed by atoms with E-state index >= 15 is 0 Å². The first-order chi connectivity index (χ1) is 5.86. The van der Waals surface area contributed by atoms with Crippen LogP contribution in [0, 0.1) is 0 Å². The molecular weight excluding hydrogens is 160 g/mol. The molecule has 2 fully saturated rings. The normalized spacial score (nSPS) is 34.2. The Morgan fingerprint density at radius 2 is 2.08 bits per heavy atom. The predicted octanol–water partition coefficient (Wildman–Crippen LogP) is -0.946. The first-order valence-corrected chi connectivity index (χ1v) is 4.09. The van der Waals surface area contributed by atoms with E-state index in [2.05, 4.69) is 10.6 Å². The highest BCUT2D eigenvalue weighted by Gasteiger charge is 2.18. The van der Waals surface area contributed by atoms with Crippen molar-refractivity contribution >= 4 is 0 Å². The molecule has 0 aliphatic carbocycles. The van der Waals surface area contributed by atoms with Crippen LogP contribution in [0.15, 0.2) is 0 Å². The first kappa shape index (κ1) is 8.36. The average Bonchev–Trinajstić information content (AvgIpc) is 2.54. The van der Waals surface area contributed by atoms with Crippen molar-refractivity contribution in [3.05, 3.63) is 5.59 Å². The molecule has 0 aromatic heterocycles. The summed E-state index contributed by atoms with van der Waals surface area (Å²) in [5.74, 6) is 0. The molecule has 0 spiro atoms. The second-order valence-electron chi connectivity index (χ2n) is 2.85. The summed E-state index contributed by atoms with van der Waals surface area (Å²) in [6, 6.07) is 0. The van der Waals surface area contributed by atoms with E-state index in [-0.39, 0.29) is 6.23 Å². The Morgan fingerprint density at radius 3 is 2.67 bits per heavy atom. The van der Waals surface area contributed by atoms with Crippen LogP contribution >= 0.6 is 0 Å². The van der Waals surface area contributed by atoms with E-state index in [1.165, 1.54) is 0 Å². The maximum Gasteiger partial charge on any atom is 0.101 e. The monoisotopic (exact) mass is 173 g/mol. The minimum atomic E-state index is -0.284. The SMILES string of the molecule is NC1CN(N2CCOCC2)[N-]O1. The summed E-state index contributed by atoms with van der Waals surface area (Å²) >= 11 is 0. The predicted molar refractivity (Wildman–Crippen MR) is 41.5 cm³/mol. The average molecular weight is 173 g/mol. The minimum Gasteiger partial charge on any atom is -0.455 e. The third kappa shape index (κ3) is 1.74. The Bertz CT molecular complexity index is 148. The second-order valence-corrected chi connectivity index (χ2v) is 2.85. The van der Waals surface area contributed by atoms with Crippen molar-refractivity contribution in [2.24, 2.45) is 5.73 Å². The van der Waals surface area contributed by atoms with Crippen molar-refractivity contribution in [1.82, 2.24) is 10.1 Å². The van der Waals surface area contributed by atoms with Crippen LogP contribution in [0.4, 0.5) is 0 Å². The van der Waals surface area contributed by atoms with Crippen molar-refractivity contribution in [3.63, 3.8) is 0 Å². The smallest absolute Gasteiger partial charge is 0.101 e. The van der Waals surface area contributed by atoms with E-state index in [1.807, 2.05) is 0 Å². The summed E-state index contributed by atoms with van der Waals surface area (Å²) in [5.41, 5.74) is 9.34. The Balaban J connectivity index is 1.83. The summed E-state index contributed by atoms with van der Waals surface area (Å²) < 4.78 is 5.20. The van der Waals surface area contributed by atoms with E-state index in [0.717, 1.165) is 26.3 Å². The van der Waals surface area contributed by atoms with Crippen molar-refractivity contribution in [1.29, 1.82) is 0 Å². The number of rotatable bonds is 1. The molecule has 0 amide bonds. The quantitative estimate of drug-likeness (QED) is 0.554. The molecule has 0 bridgehead atoms. The van der Waals surface area contributed by atoms with Crippen LogP contribution in [0.3, 0.4) is 0 Å². The number of hydrogen-bond donors (Lipinski definition) is 1. The van der Waals surface area contributed by atoms with Crippen LogP contribution in [-0.2, 0) is 9.57 Å². The fourth-order valence-corrected chi connectivity index (χ4v) is 1.29. The van der Waals surface area contributed by atoms with Crippen molar-refractivity contribution < 1.29 is 9.57 Å². The zero-order chi connectivity index (χ0) is 8.39. The highest BCUT2D eigenvalue weighted by atomic mass is 16.7. The van der Waals surface area contributed by atoms with Gasteiger partial charge in [0.2, 0.25) is 0 Å². The van der Waals surface area contributed by atoms with Crippen molar-refractivity contribution in [2.75, 3.05) is 32.8 Å². The Morgan fingerprint density at radius 1 is 1.33 bits per heavy atom. The van der Waals surface area contributed by atoms with Gasteiger partial charge in [0.15, 0.2) is 0 Å². The van der Waals surface area contributed by atoms with Gasteiger partial charge in [-0.05, 0) is 0 Å². The molecule has 1 unspecified atom stereocenters. The summed E-state index contributed by atoms with van der Waals surface area (Å²) in [5, 5.41) is 3.85.